The number of ether oxygens (including phenoxy) is 1. The molecule has 0 amide bonds. The Balaban J connectivity index is 2.50. The number of rotatable bonds is 3. The summed E-state index contributed by atoms with van der Waals surface area (Å²) in [5.74, 6) is 0.829. The number of hydrogen-bond donors (Lipinski definition) is 0. The quantitative estimate of drug-likeness (QED) is 0.588. The summed E-state index contributed by atoms with van der Waals surface area (Å²) in [7, 11) is 0. The molecule has 0 fully saturated rings. The molecule has 0 atom stereocenters. The fourth-order valence-corrected chi connectivity index (χ4v) is 0.590. The Morgan fingerprint density at radius 1 is 1.50 bits per heavy atom. The molecule has 0 saturated heterocycles. The van der Waals surface area contributed by atoms with Crippen LogP contribution in [0.4, 0.5) is 0 Å². The van der Waals surface area contributed by atoms with Crippen molar-refractivity contribution in [1.82, 2.24) is 4.98 Å². The van der Waals surface area contributed by atoms with Crippen molar-refractivity contribution in [1.29, 1.82) is 0 Å². The topological polar surface area (TPSA) is 22.1 Å². The van der Waals surface area contributed by atoms with E-state index in [1.165, 1.54) is 0 Å². The van der Waals surface area contributed by atoms with E-state index in [9.17, 15) is 0 Å². The van der Waals surface area contributed by atoms with E-state index in [0.717, 1.165) is 5.75 Å². The number of aromatic nitrogens is 1. The van der Waals surface area contributed by atoms with Crippen LogP contribution in [0.25, 0.3) is 0 Å². The van der Waals surface area contributed by atoms with Crippen LogP contribution in [0.15, 0.2) is 37.2 Å². The van der Waals surface area contributed by atoms with Crippen LogP contribution in [0.1, 0.15) is 0 Å². The smallest absolute Gasteiger partial charge is 0.122 e. The average Bonchev–Trinajstić information content (AvgIpc) is 2.03. The lowest BCUT2D eigenvalue weighted by Gasteiger charge is -1.99. The van der Waals surface area contributed by atoms with Crippen molar-refractivity contribution < 1.29 is 4.74 Å². The molecule has 10 heavy (non-hydrogen) atoms. The van der Waals surface area contributed by atoms with Gasteiger partial charge in [-0.3, -0.25) is 4.98 Å². The zero-order chi connectivity index (χ0) is 7.23. The maximum atomic E-state index is 5.20. The fraction of sp³-hybridized carbons (Fsp3) is 0.125. The van der Waals surface area contributed by atoms with Gasteiger partial charge in [0.15, 0.2) is 0 Å². The van der Waals surface area contributed by atoms with E-state index in [2.05, 4.69) is 11.6 Å². The van der Waals surface area contributed by atoms with E-state index < -0.39 is 0 Å². The molecule has 52 valence electrons. The molecule has 1 aromatic heterocycles. The van der Waals surface area contributed by atoms with E-state index in [1.54, 1.807) is 18.5 Å². The zero-order valence-electron chi connectivity index (χ0n) is 5.66. The molecular formula is C8H9NO. The zero-order valence-corrected chi connectivity index (χ0v) is 5.66. The van der Waals surface area contributed by atoms with Gasteiger partial charge in [-0.05, 0) is 12.1 Å². The highest BCUT2D eigenvalue weighted by Gasteiger charge is 1.85. The van der Waals surface area contributed by atoms with Crippen LogP contribution in [0.5, 0.6) is 5.75 Å². The highest BCUT2D eigenvalue weighted by Crippen LogP contribution is 2.05. The van der Waals surface area contributed by atoms with Gasteiger partial charge in [0, 0.05) is 12.4 Å². The van der Waals surface area contributed by atoms with Crippen LogP contribution >= 0.6 is 0 Å². The summed E-state index contributed by atoms with van der Waals surface area (Å²) in [6.07, 6.45) is 5.09. The van der Waals surface area contributed by atoms with E-state index in [4.69, 9.17) is 4.74 Å². The van der Waals surface area contributed by atoms with Crippen LogP contribution in [-0.4, -0.2) is 11.6 Å². The SMILES string of the molecule is C=CCOc1ccncc1. The molecule has 0 N–H and O–H groups in total. The van der Waals surface area contributed by atoms with Gasteiger partial charge in [0.1, 0.15) is 12.4 Å². The van der Waals surface area contributed by atoms with Crippen LogP contribution in [0.3, 0.4) is 0 Å². The third kappa shape index (κ3) is 1.90. The first-order valence-corrected chi connectivity index (χ1v) is 3.07. The Hall–Kier alpha value is -1.31. The van der Waals surface area contributed by atoms with Crippen molar-refractivity contribution in [2.75, 3.05) is 6.61 Å². The lowest BCUT2D eigenvalue weighted by Crippen LogP contribution is -1.91. The molecule has 0 aliphatic rings. The summed E-state index contributed by atoms with van der Waals surface area (Å²) in [6.45, 7) is 4.08. The molecule has 0 radical (unpaired) electrons. The van der Waals surface area contributed by atoms with Crippen molar-refractivity contribution in [3.63, 3.8) is 0 Å². The molecule has 1 rings (SSSR count). The van der Waals surface area contributed by atoms with E-state index in [-0.39, 0.29) is 0 Å². The van der Waals surface area contributed by atoms with E-state index in [0.29, 0.717) is 6.61 Å². The Morgan fingerprint density at radius 2 is 2.20 bits per heavy atom. The molecule has 2 heteroatoms. The largest absolute Gasteiger partial charge is 0.489 e. The van der Waals surface area contributed by atoms with E-state index >= 15 is 0 Å². The van der Waals surface area contributed by atoms with Crippen molar-refractivity contribution in [2.24, 2.45) is 0 Å². The van der Waals surface area contributed by atoms with E-state index in [1.807, 2.05) is 12.1 Å². The van der Waals surface area contributed by atoms with Crippen LogP contribution < -0.4 is 4.74 Å². The van der Waals surface area contributed by atoms with Gasteiger partial charge in [-0.25, -0.2) is 0 Å². The highest BCUT2D eigenvalue weighted by atomic mass is 16.5. The van der Waals surface area contributed by atoms with Gasteiger partial charge in [-0.1, -0.05) is 12.7 Å². The second-order valence-corrected chi connectivity index (χ2v) is 1.78. The number of nitrogens with zero attached hydrogens (tertiary/aromatic N) is 1. The predicted octanol–water partition coefficient (Wildman–Crippen LogP) is 1.65. The fourth-order valence-electron chi connectivity index (χ4n) is 0.590. The molecule has 1 aromatic rings. The molecule has 0 spiro atoms. The third-order valence-electron chi connectivity index (χ3n) is 1.02. The summed E-state index contributed by atoms with van der Waals surface area (Å²) in [6, 6.07) is 3.62. The van der Waals surface area contributed by atoms with Crippen LogP contribution in [-0.2, 0) is 0 Å². The minimum atomic E-state index is 0.546. The maximum absolute atomic E-state index is 5.20. The predicted molar refractivity (Wildman–Crippen MR) is 39.9 cm³/mol. The minimum Gasteiger partial charge on any atom is -0.489 e. The third-order valence-corrected chi connectivity index (χ3v) is 1.02. The van der Waals surface area contributed by atoms with Crippen LogP contribution in [0, 0.1) is 0 Å². The first kappa shape index (κ1) is 6.81. The van der Waals surface area contributed by atoms with Crippen LogP contribution in [0.2, 0.25) is 0 Å². The van der Waals surface area contributed by atoms with Gasteiger partial charge in [-0.2, -0.15) is 0 Å². The summed E-state index contributed by atoms with van der Waals surface area (Å²) >= 11 is 0. The lowest BCUT2D eigenvalue weighted by molar-refractivity contribution is 0.363. The molecule has 0 aliphatic heterocycles. The highest BCUT2D eigenvalue weighted by molar-refractivity contribution is 5.16. The summed E-state index contributed by atoms with van der Waals surface area (Å²) < 4.78 is 5.20. The maximum Gasteiger partial charge on any atom is 0.122 e. The monoisotopic (exact) mass is 135 g/mol. The Labute approximate surface area is 60.2 Å². The van der Waals surface area contributed by atoms with Crippen molar-refractivity contribution in [3.05, 3.63) is 37.2 Å². The number of hydrogen-bond acceptors (Lipinski definition) is 2. The summed E-state index contributed by atoms with van der Waals surface area (Å²) in [5, 5.41) is 0. The lowest BCUT2D eigenvalue weighted by atomic mass is 10.4. The Bertz CT molecular complexity index is 196. The standard InChI is InChI=1S/C8H9NO/c1-2-7-10-8-3-5-9-6-4-8/h2-6H,1,7H2. The van der Waals surface area contributed by atoms with Gasteiger partial charge >= 0.3 is 0 Å². The number of pyridine rings is 1. The molecule has 1 heterocycles. The van der Waals surface area contributed by atoms with Gasteiger partial charge in [0.2, 0.25) is 0 Å². The minimum absolute atomic E-state index is 0.546. The second-order valence-electron chi connectivity index (χ2n) is 1.78. The Morgan fingerprint density at radius 3 is 2.80 bits per heavy atom. The average molecular weight is 135 g/mol. The Kier molecular flexibility index (Phi) is 2.49. The molecular weight excluding hydrogens is 126 g/mol. The molecule has 0 bridgehead atoms. The van der Waals surface area contributed by atoms with Crippen molar-refractivity contribution in [2.45, 2.75) is 0 Å². The summed E-state index contributed by atoms with van der Waals surface area (Å²) in [5.41, 5.74) is 0. The first-order valence-electron chi connectivity index (χ1n) is 3.07. The van der Waals surface area contributed by atoms with Gasteiger partial charge in [-0.15, -0.1) is 0 Å². The van der Waals surface area contributed by atoms with Gasteiger partial charge in [0.05, 0.1) is 0 Å². The van der Waals surface area contributed by atoms with Crippen molar-refractivity contribution >= 4 is 0 Å². The molecule has 0 aromatic carbocycles. The molecule has 0 unspecified atom stereocenters. The van der Waals surface area contributed by atoms with Gasteiger partial charge in [0.25, 0.3) is 0 Å². The first-order chi connectivity index (χ1) is 4.93. The van der Waals surface area contributed by atoms with Crippen molar-refractivity contribution in [3.8, 4) is 5.75 Å². The molecule has 2 nitrogen and oxygen atoms in total. The molecule has 0 saturated carbocycles. The normalized spacial score (nSPS) is 8.80. The second kappa shape index (κ2) is 3.67. The summed E-state index contributed by atoms with van der Waals surface area (Å²) in [4.78, 5) is 3.85. The molecule has 0 aliphatic carbocycles. The van der Waals surface area contributed by atoms with Gasteiger partial charge < -0.3 is 4.74 Å².